The molecule has 0 spiro atoms. The largest absolute Gasteiger partial charge is 0.488 e. The lowest BCUT2D eigenvalue weighted by Gasteiger charge is -2.39. The number of aryl methyl sites for hydroxylation is 2. The Labute approximate surface area is 119 Å². The van der Waals surface area contributed by atoms with E-state index in [4.69, 9.17) is 4.74 Å². The van der Waals surface area contributed by atoms with Gasteiger partial charge in [0.1, 0.15) is 24.0 Å². The van der Waals surface area contributed by atoms with E-state index in [0.717, 1.165) is 37.8 Å². The molecule has 1 saturated heterocycles. The van der Waals surface area contributed by atoms with Crippen molar-refractivity contribution in [2.45, 2.75) is 26.5 Å². The Morgan fingerprint density at radius 1 is 1.25 bits per heavy atom. The lowest BCUT2D eigenvalue weighted by molar-refractivity contribution is 0.0179. The summed E-state index contributed by atoms with van der Waals surface area (Å²) in [4.78, 5) is 2.39. The molecular formula is C15H20N4O. The molecule has 0 radical (unpaired) electrons. The van der Waals surface area contributed by atoms with E-state index in [-0.39, 0.29) is 0 Å². The van der Waals surface area contributed by atoms with Gasteiger partial charge in [0.25, 0.3) is 0 Å². The number of likely N-dealkylation sites (tertiary alicyclic amines) is 1. The van der Waals surface area contributed by atoms with Crippen LogP contribution in [0, 0.1) is 13.8 Å². The second-order valence-electron chi connectivity index (χ2n) is 5.39. The van der Waals surface area contributed by atoms with Gasteiger partial charge in [-0.25, -0.2) is 0 Å². The van der Waals surface area contributed by atoms with Gasteiger partial charge in [0.05, 0.1) is 0 Å². The summed E-state index contributed by atoms with van der Waals surface area (Å²) < 4.78 is 8.03. The fraction of sp³-hybridized carbons (Fsp3) is 0.467. The quantitative estimate of drug-likeness (QED) is 0.830. The summed E-state index contributed by atoms with van der Waals surface area (Å²) in [6, 6.07) is 8.23. The number of ether oxygens (including phenoxy) is 1. The average Bonchev–Trinajstić information content (AvgIpc) is 2.78. The fourth-order valence-corrected chi connectivity index (χ4v) is 2.44. The van der Waals surface area contributed by atoms with Crippen molar-refractivity contribution < 1.29 is 4.74 Å². The van der Waals surface area contributed by atoms with Crippen molar-refractivity contribution in [3.8, 4) is 5.75 Å². The summed E-state index contributed by atoms with van der Waals surface area (Å²) in [5, 5.41) is 7.88. The minimum Gasteiger partial charge on any atom is -0.488 e. The van der Waals surface area contributed by atoms with Gasteiger partial charge in [-0.3, -0.25) is 4.90 Å². The van der Waals surface area contributed by atoms with Crippen LogP contribution in [0.2, 0.25) is 0 Å². The standard InChI is InChI=1S/C15H20N4O/c1-12-4-3-5-14(8-12)20-15-9-18(10-15)6-7-19-11-16-17-13(19)2/h3-5,8,11,15H,6-7,9-10H2,1-2H3. The van der Waals surface area contributed by atoms with Crippen LogP contribution in [0.1, 0.15) is 11.4 Å². The molecule has 1 aromatic heterocycles. The molecule has 0 unspecified atom stereocenters. The average molecular weight is 272 g/mol. The van der Waals surface area contributed by atoms with Crippen molar-refractivity contribution in [1.29, 1.82) is 0 Å². The molecule has 2 aromatic rings. The van der Waals surface area contributed by atoms with E-state index in [2.05, 4.69) is 38.7 Å². The molecule has 2 heterocycles. The Hall–Kier alpha value is -1.88. The molecule has 1 aromatic carbocycles. The van der Waals surface area contributed by atoms with Crippen LogP contribution in [-0.2, 0) is 6.54 Å². The molecule has 5 nitrogen and oxygen atoms in total. The predicted molar refractivity (Wildman–Crippen MR) is 76.8 cm³/mol. The molecule has 0 aliphatic carbocycles. The molecule has 3 rings (SSSR count). The van der Waals surface area contributed by atoms with Gasteiger partial charge >= 0.3 is 0 Å². The van der Waals surface area contributed by atoms with Crippen molar-refractivity contribution >= 4 is 0 Å². The monoisotopic (exact) mass is 272 g/mol. The zero-order valence-corrected chi connectivity index (χ0v) is 12.0. The second kappa shape index (κ2) is 5.63. The van der Waals surface area contributed by atoms with Gasteiger partial charge in [-0.05, 0) is 31.5 Å². The summed E-state index contributed by atoms with van der Waals surface area (Å²) in [5.74, 6) is 1.95. The predicted octanol–water partition coefficient (Wildman–Crippen LogP) is 1.66. The number of hydrogen-bond acceptors (Lipinski definition) is 4. The van der Waals surface area contributed by atoms with Gasteiger partial charge in [0, 0.05) is 26.2 Å². The zero-order valence-electron chi connectivity index (χ0n) is 12.0. The van der Waals surface area contributed by atoms with Crippen LogP contribution in [0.3, 0.4) is 0 Å². The van der Waals surface area contributed by atoms with Crippen LogP contribution in [0.4, 0.5) is 0 Å². The highest BCUT2D eigenvalue weighted by molar-refractivity contribution is 5.27. The molecule has 0 amide bonds. The Morgan fingerprint density at radius 2 is 2.10 bits per heavy atom. The van der Waals surface area contributed by atoms with Crippen molar-refractivity contribution in [1.82, 2.24) is 19.7 Å². The molecule has 0 bridgehead atoms. The van der Waals surface area contributed by atoms with E-state index < -0.39 is 0 Å². The van der Waals surface area contributed by atoms with Crippen LogP contribution < -0.4 is 4.74 Å². The minimum atomic E-state index is 0.318. The first-order valence-electron chi connectivity index (χ1n) is 7.01. The maximum Gasteiger partial charge on any atom is 0.129 e. The van der Waals surface area contributed by atoms with Crippen molar-refractivity contribution in [2.75, 3.05) is 19.6 Å². The van der Waals surface area contributed by atoms with Crippen LogP contribution in [0.25, 0.3) is 0 Å². The second-order valence-corrected chi connectivity index (χ2v) is 5.39. The van der Waals surface area contributed by atoms with Gasteiger partial charge in [0.2, 0.25) is 0 Å². The van der Waals surface area contributed by atoms with Crippen molar-refractivity contribution in [3.63, 3.8) is 0 Å². The maximum atomic E-state index is 5.95. The smallest absolute Gasteiger partial charge is 0.129 e. The first-order chi connectivity index (χ1) is 9.70. The molecule has 0 atom stereocenters. The minimum absolute atomic E-state index is 0.318. The van der Waals surface area contributed by atoms with E-state index in [0.29, 0.717) is 6.10 Å². The van der Waals surface area contributed by atoms with E-state index >= 15 is 0 Å². The summed E-state index contributed by atoms with van der Waals surface area (Å²) in [7, 11) is 0. The molecule has 5 heteroatoms. The third-order valence-corrected chi connectivity index (χ3v) is 3.68. The molecule has 1 aliphatic rings. The van der Waals surface area contributed by atoms with Crippen LogP contribution in [0.5, 0.6) is 5.75 Å². The summed E-state index contributed by atoms with van der Waals surface area (Å²) in [5.41, 5.74) is 1.24. The maximum absolute atomic E-state index is 5.95. The lowest BCUT2D eigenvalue weighted by atomic mass is 10.1. The molecule has 0 saturated carbocycles. The topological polar surface area (TPSA) is 43.2 Å². The Bertz CT molecular complexity index is 575. The Morgan fingerprint density at radius 3 is 2.80 bits per heavy atom. The number of nitrogens with zero attached hydrogens (tertiary/aromatic N) is 4. The summed E-state index contributed by atoms with van der Waals surface area (Å²) in [6.07, 6.45) is 2.11. The van der Waals surface area contributed by atoms with Gasteiger partial charge in [-0.2, -0.15) is 0 Å². The number of rotatable bonds is 5. The number of hydrogen-bond donors (Lipinski definition) is 0. The molecule has 0 N–H and O–H groups in total. The van der Waals surface area contributed by atoms with Gasteiger partial charge < -0.3 is 9.30 Å². The van der Waals surface area contributed by atoms with Crippen LogP contribution in [-0.4, -0.2) is 45.4 Å². The first-order valence-corrected chi connectivity index (χ1v) is 7.01. The number of benzene rings is 1. The summed E-state index contributed by atoms with van der Waals surface area (Å²) >= 11 is 0. The first kappa shape index (κ1) is 13.1. The fourth-order valence-electron chi connectivity index (χ4n) is 2.44. The highest BCUT2D eigenvalue weighted by atomic mass is 16.5. The third kappa shape index (κ3) is 2.99. The molecule has 1 aliphatic heterocycles. The molecule has 20 heavy (non-hydrogen) atoms. The van der Waals surface area contributed by atoms with E-state index in [1.165, 1.54) is 5.56 Å². The normalized spacial score (nSPS) is 16.1. The zero-order chi connectivity index (χ0) is 13.9. The Kier molecular flexibility index (Phi) is 3.69. The van der Waals surface area contributed by atoms with Gasteiger partial charge in [0.15, 0.2) is 0 Å². The van der Waals surface area contributed by atoms with Gasteiger partial charge in [-0.1, -0.05) is 12.1 Å². The number of aromatic nitrogens is 3. The van der Waals surface area contributed by atoms with Crippen LogP contribution in [0.15, 0.2) is 30.6 Å². The highest BCUT2D eigenvalue weighted by Gasteiger charge is 2.27. The van der Waals surface area contributed by atoms with E-state index in [1.807, 2.05) is 19.1 Å². The summed E-state index contributed by atoms with van der Waals surface area (Å²) in [6.45, 7) is 8.01. The molecule has 1 fully saturated rings. The SMILES string of the molecule is Cc1cccc(OC2CN(CCn3cnnc3C)C2)c1. The third-order valence-electron chi connectivity index (χ3n) is 3.68. The molecular weight excluding hydrogens is 252 g/mol. The van der Waals surface area contributed by atoms with Crippen molar-refractivity contribution in [3.05, 3.63) is 42.0 Å². The lowest BCUT2D eigenvalue weighted by Crippen LogP contribution is -2.54. The van der Waals surface area contributed by atoms with Crippen molar-refractivity contribution in [2.24, 2.45) is 0 Å². The van der Waals surface area contributed by atoms with E-state index in [9.17, 15) is 0 Å². The van der Waals surface area contributed by atoms with Gasteiger partial charge in [-0.15, -0.1) is 10.2 Å². The highest BCUT2D eigenvalue weighted by Crippen LogP contribution is 2.19. The van der Waals surface area contributed by atoms with Crippen LogP contribution >= 0.6 is 0 Å². The Balaban J connectivity index is 1.42. The van der Waals surface area contributed by atoms with E-state index in [1.54, 1.807) is 6.33 Å². The molecule has 106 valence electrons.